The van der Waals surface area contributed by atoms with Crippen molar-refractivity contribution in [2.75, 3.05) is 13.3 Å². The molecule has 0 fully saturated rings. The van der Waals surface area contributed by atoms with Crippen LogP contribution in [-0.2, 0) is 10.0 Å². The molecule has 0 radical (unpaired) electrons. The predicted octanol–water partition coefficient (Wildman–Crippen LogP) is 1.78. The Morgan fingerprint density at radius 2 is 1.73 bits per heavy atom. The maximum absolute atomic E-state index is 12.7. The first-order valence-corrected chi connectivity index (χ1v) is 6.35. The lowest BCUT2D eigenvalue weighted by atomic mass is 10.1. The van der Waals surface area contributed by atoms with Crippen LogP contribution in [0.5, 0.6) is 0 Å². The molecule has 0 N–H and O–H groups in total. The van der Waals surface area contributed by atoms with Crippen LogP contribution in [0.4, 0.5) is 4.39 Å². The third-order valence-electron chi connectivity index (χ3n) is 2.42. The van der Waals surface area contributed by atoms with Crippen LogP contribution in [0.15, 0.2) is 24.3 Å². The van der Waals surface area contributed by atoms with Crippen LogP contribution in [0.1, 0.15) is 18.5 Å². The molecule has 1 aromatic rings. The van der Waals surface area contributed by atoms with Crippen molar-refractivity contribution in [3.8, 4) is 0 Å². The van der Waals surface area contributed by atoms with Gasteiger partial charge in [-0.05, 0) is 24.6 Å². The van der Waals surface area contributed by atoms with Gasteiger partial charge in [0.1, 0.15) is 5.82 Å². The van der Waals surface area contributed by atoms with Crippen LogP contribution in [0.25, 0.3) is 0 Å². The lowest BCUT2D eigenvalue weighted by Crippen LogP contribution is -2.28. The summed E-state index contributed by atoms with van der Waals surface area (Å²) in [6.45, 7) is 1.76. The van der Waals surface area contributed by atoms with Crippen molar-refractivity contribution in [2.24, 2.45) is 0 Å². The highest BCUT2D eigenvalue weighted by Gasteiger charge is 2.19. The molecule has 0 spiro atoms. The van der Waals surface area contributed by atoms with Gasteiger partial charge < -0.3 is 0 Å². The maximum Gasteiger partial charge on any atom is 0.211 e. The molecular weight excluding hydrogens is 217 g/mol. The summed E-state index contributed by atoms with van der Waals surface area (Å²) in [5, 5.41) is 0. The lowest BCUT2D eigenvalue weighted by Gasteiger charge is -2.22. The third-order valence-corrected chi connectivity index (χ3v) is 3.78. The van der Waals surface area contributed by atoms with E-state index in [1.807, 2.05) is 0 Å². The van der Waals surface area contributed by atoms with E-state index in [0.29, 0.717) is 0 Å². The van der Waals surface area contributed by atoms with Crippen LogP contribution < -0.4 is 0 Å². The summed E-state index contributed by atoms with van der Waals surface area (Å²) in [7, 11) is -1.72. The molecule has 1 atom stereocenters. The highest BCUT2D eigenvalue weighted by Crippen LogP contribution is 2.20. The minimum atomic E-state index is -3.22. The molecule has 0 unspecified atom stereocenters. The molecule has 0 saturated heterocycles. The first-order chi connectivity index (χ1) is 6.82. The Bertz CT molecular complexity index is 427. The standard InChI is InChI=1S/C10H14FNO2S/c1-8(12(2)15(3,13)14)9-4-6-10(11)7-5-9/h4-8H,1-3H3/t8-/m0/s1. The van der Waals surface area contributed by atoms with Gasteiger partial charge in [-0.2, -0.15) is 4.31 Å². The molecule has 1 aromatic carbocycles. The van der Waals surface area contributed by atoms with Crippen molar-refractivity contribution in [2.45, 2.75) is 13.0 Å². The first kappa shape index (κ1) is 12.1. The number of hydrogen-bond donors (Lipinski definition) is 0. The Morgan fingerprint density at radius 1 is 1.27 bits per heavy atom. The van der Waals surface area contributed by atoms with Crippen molar-refractivity contribution in [1.82, 2.24) is 4.31 Å². The first-order valence-electron chi connectivity index (χ1n) is 4.51. The molecule has 15 heavy (non-hydrogen) atoms. The zero-order chi connectivity index (χ0) is 11.6. The topological polar surface area (TPSA) is 37.4 Å². The number of nitrogens with zero attached hydrogens (tertiary/aromatic N) is 1. The SMILES string of the molecule is C[C@@H](c1ccc(F)cc1)N(C)S(C)(=O)=O. The fourth-order valence-corrected chi connectivity index (χ4v) is 1.93. The van der Waals surface area contributed by atoms with Gasteiger partial charge in [-0.15, -0.1) is 0 Å². The van der Waals surface area contributed by atoms with Crippen molar-refractivity contribution in [3.05, 3.63) is 35.6 Å². The van der Waals surface area contributed by atoms with Gasteiger partial charge in [-0.1, -0.05) is 12.1 Å². The highest BCUT2D eigenvalue weighted by molar-refractivity contribution is 7.88. The number of benzene rings is 1. The molecule has 0 heterocycles. The van der Waals surface area contributed by atoms with E-state index in [2.05, 4.69) is 0 Å². The van der Waals surface area contributed by atoms with Crippen molar-refractivity contribution < 1.29 is 12.8 Å². The molecule has 0 saturated carbocycles. The minimum absolute atomic E-state index is 0.291. The van der Waals surface area contributed by atoms with Crippen LogP contribution in [0, 0.1) is 5.82 Å². The summed E-state index contributed by atoms with van der Waals surface area (Å²) in [5.41, 5.74) is 0.768. The molecule has 5 heteroatoms. The Labute approximate surface area is 89.6 Å². The van der Waals surface area contributed by atoms with Gasteiger partial charge in [0.2, 0.25) is 10.0 Å². The Kier molecular flexibility index (Phi) is 3.46. The van der Waals surface area contributed by atoms with E-state index in [1.54, 1.807) is 19.1 Å². The Hall–Kier alpha value is -0.940. The maximum atomic E-state index is 12.7. The quantitative estimate of drug-likeness (QED) is 0.795. The normalized spacial score (nSPS) is 14.2. The second kappa shape index (κ2) is 4.28. The fraction of sp³-hybridized carbons (Fsp3) is 0.400. The predicted molar refractivity (Wildman–Crippen MR) is 57.4 cm³/mol. The van der Waals surface area contributed by atoms with E-state index in [4.69, 9.17) is 0 Å². The fourth-order valence-electron chi connectivity index (χ4n) is 1.24. The second-order valence-electron chi connectivity index (χ2n) is 3.51. The summed E-state index contributed by atoms with van der Waals surface area (Å²) >= 11 is 0. The van der Waals surface area contributed by atoms with E-state index in [0.717, 1.165) is 11.8 Å². The summed E-state index contributed by atoms with van der Waals surface area (Å²) < 4.78 is 36.4. The largest absolute Gasteiger partial charge is 0.212 e. The Balaban J connectivity index is 2.95. The average Bonchev–Trinajstić information content (AvgIpc) is 2.15. The number of hydrogen-bond acceptors (Lipinski definition) is 2. The summed E-state index contributed by atoms with van der Waals surface area (Å²) in [6.07, 6.45) is 1.15. The van der Waals surface area contributed by atoms with E-state index in [9.17, 15) is 12.8 Å². The van der Waals surface area contributed by atoms with Crippen LogP contribution in [-0.4, -0.2) is 26.0 Å². The van der Waals surface area contributed by atoms with Gasteiger partial charge >= 0.3 is 0 Å². The molecular formula is C10H14FNO2S. The highest BCUT2D eigenvalue weighted by atomic mass is 32.2. The second-order valence-corrected chi connectivity index (χ2v) is 5.55. The molecule has 0 aliphatic rings. The van der Waals surface area contributed by atoms with Crippen molar-refractivity contribution >= 4 is 10.0 Å². The zero-order valence-corrected chi connectivity index (χ0v) is 9.75. The summed E-state index contributed by atoms with van der Waals surface area (Å²) in [5.74, 6) is -0.326. The van der Waals surface area contributed by atoms with E-state index in [1.165, 1.54) is 23.5 Å². The van der Waals surface area contributed by atoms with Gasteiger partial charge in [0.15, 0.2) is 0 Å². The number of rotatable bonds is 3. The molecule has 0 bridgehead atoms. The van der Waals surface area contributed by atoms with Crippen LogP contribution in [0.2, 0.25) is 0 Å². The Morgan fingerprint density at radius 3 is 2.13 bits per heavy atom. The summed E-state index contributed by atoms with van der Waals surface area (Å²) in [4.78, 5) is 0. The van der Waals surface area contributed by atoms with Gasteiger partial charge in [0, 0.05) is 13.1 Å². The zero-order valence-electron chi connectivity index (χ0n) is 8.94. The third kappa shape index (κ3) is 3.00. The molecule has 0 amide bonds. The van der Waals surface area contributed by atoms with Gasteiger partial charge in [0.25, 0.3) is 0 Å². The average molecular weight is 231 g/mol. The molecule has 1 rings (SSSR count). The number of halogens is 1. The van der Waals surface area contributed by atoms with E-state index >= 15 is 0 Å². The molecule has 0 aliphatic carbocycles. The lowest BCUT2D eigenvalue weighted by molar-refractivity contribution is 0.402. The smallest absolute Gasteiger partial charge is 0.211 e. The molecule has 0 aromatic heterocycles. The molecule has 84 valence electrons. The minimum Gasteiger partial charge on any atom is -0.212 e. The van der Waals surface area contributed by atoms with Crippen molar-refractivity contribution in [1.29, 1.82) is 0 Å². The van der Waals surface area contributed by atoms with Gasteiger partial charge in [0.05, 0.1) is 6.26 Å². The molecule has 0 aliphatic heterocycles. The van der Waals surface area contributed by atoms with E-state index in [-0.39, 0.29) is 11.9 Å². The van der Waals surface area contributed by atoms with E-state index < -0.39 is 10.0 Å². The summed E-state index contributed by atoms with van der Waals surface area (Å²) in [6, 6.07) is 5.52. The number of sulfonamides is 1. The van der Waals surface area contributed by atoms with Crippen LogP contribution in [0.3, 0.4) is 0 Å². The van der Waals surface area contributed by atoms with Crippen LogP contribution >= 0.6 is 0 Å². The van der Waals surface area contributed by atoms with Crippen molar-refractivity contribution in [3.63, 3.8) is 0 Å². The van der Waals surface area contributed by atoms with Gasteiger partial charge in [-0.3, -0.25) is 0 Å². The monoisotopic (exact) mass is 231 g/mol. The molecule has 3 nitrogen and oxygen atoms in total. The van der Waals surface area contributed by atoms with Gasteiger partial charge in [-0.25, -0.2) is 12.8 Å².